The Morgan fingerprint density at radius 2 is 1.77 bits per heavy atom. The topological polar surface area (TPSA) is 70.7 Å². The molecule has 0 atom stereocenters. The number of hydrogen-bond donors (Lipinski definition) is 1. The molecule has 4 rings (SSSR count). The SMILES string of the molecule is CCN1CCN(c2ccccc2NC(=O)c2ccc(Cn3ccccc3=O)o2)CC1. The summed E-state index contributed by atoms with van der Waals surface area (Å²) in [6.07, 6.45) is 1.69. The molecule has 7 heteroatoms. The van der Waals surface area contributed by atoms with Crippen LogP contribution >= 0.6 is 0 Å². The van der Waals surface area contributed by atoms with E-state index in [4.69, 9.17) is 4.42 Å². The van der Waals surface area contributed by atoms with E-state index in [0.717, 1.165) is 44.1 Å². The van der Waals surface area contributed by atoms with Crippen LogP contribution in [0.5, 0.6) is 0 Å². The zero-order chi connectivity index (χ0) is 20.9. The minimum Gasteiger partial charge on any atom is -0.454 e. The second kappa shape index (κ2) is 9.00. The summed E-state index contributed by atoms with van der Waals surface area (Å²) in [6.45, 7) is 7.40. The lowest BCUT2D eigenvalue weighted by Gasteiger charge is -2.36. The van der Waals surface area contributed by atoms with Crippen LogP contribution in [0.15, 0.2) is 70.0 Å². The third kappa shape index (κ3) is 4.46. The number of nitrogens with zero attached hydrogens (tertiary/aromatic N) is 3. The molecule has 30 heavy (non-hydrogen) atoms. The molecule has 1 saturated heterocycles. The number of likely N-dealkylation sites (N-methyl/N-ethyl adjacent to an activating group) is 1. The molecule has 1 aromatic carbocycles. The second-order valence-electron chi connectivity index (χ2n) is 7.33. The summed E-state index contributed by atoms with van der Waals surface area (Å²) in [5.41, 5.74) is 1.67. The van der Waals surface area contributed by atoms with Crippen LogP contribution in [0, 0.1) is 0 Å². The monoisotopic (exact) mass is 406 g/mol. The summed E-state index contributed by atoms with van der Waals surface area (Å²) >= 11 is 0. The van der Waals surface area contributed by atoms with Gasteiger partial charge >= 0.3 is 0 Å². The number of furan rings is 1. The number of aromatic nitrogens is 1. The Hall–Kier alpha value is -3.32. The van der Waals surface area contributed by atoms with Crippen molar-refractivity contribution in [3.63, 3.8) is 0 Å². The fraction of sp³-hybridized carbons (Fsp3) is 0.304. The van der Waals surface area contributed by atoms with Crippen LogP contribution < -0.4 is 15.8 Å². The average Bonchev–Trinajstić information content (AvgIpc) is 3.25. The van der Waals surface area contributed by atoms with Crippen molar-refractivity contribution in [3.8, 4) is 0 Å². The van der Waals surface area contributed by atoms with E-state index >= 15 is 0 Å². The number of piperazine rings is 1. The van der Waals surface area contributed by atoms with Gasteiger partial charge in [-0.05, 0) is 36.9 Å². The van der Waals surface area contributed by atoms with Crippen LogP contribution in [0.2, 0.25) is 0 Å². The van der Waals surface area contributed by atoms with Gasteiger partial charge in [0.15, 0.2) is 5.76 Å². The standard InChI is InChI=1S/C23H26N4O3/c1-2-25-13-15-26(16-14-25)20-8-4-3-7-19(20)24-23(29)21-11-10-18(30-21)17-27-12-6-5-9-22(27)28/h3-12H,2,13-17H2,1H3,(H,24,29). The van der Waals surface area contributed by atoms with Gasteiger partial charge in [-0.15, -0.1) is 0 Å². The molecule has 1 aliphatic heterocycles. The van der Waals surface area contributed by atoms with E-state index in [1.54, 1.807) is 30.5 Å². The Kier molecular flexibility index (Phi) is 5.99. The fourth-order valence-electron chi connectivity index (χ4n) is 3.69. The fourth-order valence-corrected chi connectivity index (χ4v) is 3.69. The lowest BCUT2D eigenvalue weighted by atomic mass is 10.2. The number of para-hydroxylation sites is 2. The molecular weight excluding hydrogens is 380 g/mol. The van der Waals surface area contributed by atoms with E-state index in [1.807, 2.05) is 24.3 Å². The minimum atomic E-state index is -0.304. The van der Waals surface area contributed by atoms with Crippen molar-refractivity contribution in [1.29, 1.82) is 0 Å². The van der Waals surface area contributed by atoms with Crippen LogP contribution in [-0.4, -0.2) is 48.1 Å². The largest absolute Gasteiger partial charge is 0.454 e. The van der Waals surface area contributed by atoms with Crippen molar-refractivity contribution in [2.75, 3.05) is 42.9 Å². The lowest BCUT2D eigenvalue weighted by Crippen LogP contribution is -2.46. The van der Waals surface area contributed by atoms with Gasteiger partial charge in [0, 0.05) is 38.4 Å². The molecule has 1 fully saturated rings. The Bertz CT molecular complexity index is 1060. The van der Waals surface area contributed by atoms with Gasteiger partial charge in [0.05, 0.1) is 17.9 Å². The van der Waals surface area contributed by atoms with Gasteiger partial charge in [0.1, 0.15) is 5.76 Å². The molecule has 156 valence electrons. The molecule has 0 bridgehead atoms. The third-order valence-electron chi connectivity index (χ3n) is 5.42. The van der Waals surface area contributed by atoms with Crippen LogP contribution in [0.4, 0.5) is 11.4 Å². The zero-order valence-corrected chi connectivity index (χ0v) is 17.1. The number of amides is 1. The summed E-state index contributed by atoms with van der Waals surface area (Å²) in [5.74, 6) is 0.471. The summed E-state index contributed by atoms with van der Waals surface area (Å²) < 4.78 is 7.23. The maximum absolute atomic E-state index is 12.8. The first kappa shape index (κ1) is 20.0. The summed E-state index contributed by atoms with van der Waals surface area (Å²) in [7, 11) is 0. The summed E-state index contributed by atoms with van der Waals surface area (Å²) in [5, 5.41) is 2.98. The highest BCUT2D eigenvalue weighted by atomic mass is 16.4. The number of carbonyl (C=O) groups is 1. The van der Waals surface area contributed by atoms with E-state index in [-0.39, 0.29) is 23.8 Å². The van der Waals surface area contributed by atoms with Crippen molar-refractivity contribution < 1.29 is 9.21 Å². The molecule has 1 N–H and O–H groups in total. The van der Waals surface area contributed by atoms with Crippen LogP contribution in [0.1, 0.15) is 23.2 Å². The maximum Gasteiger partial charge on any atom is 0.291 e. The quantitative estimate of drug-likeness (QED) is 0.682. The Morgan fingerprint density at radius 3 is 2.53 bits per heavy atom. The summed E-state index contributed by atoms with van der Waals surface area (Å²) in [6, 6.07) is 16.2. The molecule has 0 spiro atoms. The number of benzene rings is 1. The molecule has 3 heterocycles. The van der Waals surface area contributed by atoms with Gasteiger partial charge in [-0.25, -0.2) is 0 Å². The molecule has 0 unspecified atom stereocenters. The van der Waals surface area contributed by atoms with E-state index in [9.17, 15) is 9.59 Å². The molecular formula is C23H26N4O3. The first-order valence-corrected chi connectivity index (χ1v) is 10.3. The van der Waals surface area contributed by atoms with E-state index in [2.05, 4.69) is 22.0 Å². The predicted octanol–water partition coefficient (Wildman–Crippen LogP) is 2.88. The van der Waals surface area contributed by atoms with Crippen molar-refractivity contribution >= 4 is 17.3 Å². The van der Waals surface area contributed by atoms with E-state index in [0.29, 0.717) is 5.76 Å². The molecule has 0 aliphatic carbocycles. The number of anilines is 2. The van der Waals surface area contributed by atoms with Crippen molar-refractivity contribution in [2.45, 2.75) is 13.5 Å². The maximum atomic E-state index is 12.8. The van der Waals surface area contributed by atoms with Crippen molar-refractivity contribution in [2.24, 2.45) is 0 Å². The number of rotatable bonds is 6. The number of nitrogens with one attached hydrogen (secondary N) is 1. The summed E-state index contributed by atoms with van der Waals surface area (Å²) in [4.78, 5) is 29.4. The molecule has 1 amide bonds. The highest BCUT2D eigenvalue weighted by Gasteiger charge is 2.20. The lowest BCUT2D eigenvalue weighted by molar-refractivity contribution is 0.0994. The second-order valence-corrected chi connectivity index (χ2v) is 7.33. The van der Waals surface area contributed by atoms with Crippen molar-refractivity contribution in [1.82, 2.24) is 9.47 Å². The van der Waals surface area contributed by atoms with Gasteiger partial charge in [-0.1, -0.05) is 25.1 Å². The van der Waals surface area contributed by atoms with Crippen LogP contribution in [0.25, 0.3) is 0 Å². The number of pyridine rings is 1. The first-order valence-electron chi connectivity index (χ1n) is 10.3. The Balaban J connectivity index is 1.45. The molecule has 0 radical (unpaired) electrons. The van der Waals surface area contributed by atoms with E-state index in [1.165, 1.54) is 10.6 Å². The van der Waals surface area contributed by atoms with Gasteiger partial charge < -0.3 is 24.1 Å². The number of carbonyl (C=O) groups excluding carboxylic acids is 1. The molecule has 0 saturated carbocycles. The van der Waals surface area contributed by atoms with E-state index < -0.39 is 0 Å². The minimum absolute atomic E-state index is 0.114. The third-order valence-corrected chi connectivity index (χ3v) is 5.42. The molecule has 2 aromatic heterocycles. The van der Waals surface area contributed by atoms with Gasteiger partial charge in [-0.2, -0.15) is 0 Å². The average molecular weight is 406 g/mol. The number of hydrogen-bond acceptors (Lipinski definition) is 5. The molecule has 7 nitrogen and oxygen atoms in total. The van der Waals surface area contributed by atoms with Gasteiger partial charge in [-0.3, -0.25) is 9.59 Å². The smallest absolute Gasteiger partial charge is 0.291 e. The normalized spacial score (nSPS) is 14.6. The Labute approximate surface area is 175 Å². The highest BCUT2D eigenvalue weighted by Crippen LogP contribution is 2.27. The zero-order valence-electron chi connectivity index (χ0n) is 17.1. The van der Waals surface area contributed by atoms with Crippen molar-refractivity contribution in [3.05, 3.63) is 82.7 Å². The predicted molar refractivity (Wildman–Crippen MR) is 117 cm³/mol. The van der Waals surface area contributed by atoms with Crippen LogP contribution in [-0.2, 0) is 6.54 Å². The van der Waals surface area contributed by atoms with Gasteiger partial charge in [0.2, 0.25) is 0 Å². The highest BCUT2D eigenvalue weighted by molar-refractivity contribution is 6.04. The molecule has 1 aliphatic rings. The first-order chi connectivity index (χ1) is 14.6. The van der Waals surface area contributed by atoms with Crippen LogP contribution in [0.3, 0.4) is 0 Å². The van der Waals surface area contributed by atoms with Gasteiger partial charge in [0.25, 0.3) is 11.5 Å². The Morgan fingerprint density at radius 1 is 1.00 bits per heavy atom. The molecule has 3 aromatic rings.